The SMILES string of the molecule is CC1CCCCN1Cc1ccc(NC(=O)c2ccc(S(=O)(=O)NC(C)(C)C)cc2)cc1. The zero-order valence-electron chi connectivity index (χ0n) is 18.8. The lowest BCUT2D eigenvalue weighted by Crippen LogP contribution is -2.40. The number of nitrogens with one attached hydrogen (secondary N) is 2. The first-order valence-corrected chi connectivity index (χ1v) is 12.3. The minimum Gasteiger partial charge on any atom is -0.322 e. The van der Waals surface area contributed by atoms with Crippen molar-refractivity contribution in [3.63, 3.8) is 0 Å². The average Bonchev–Trinajstić information content (AvgIpc) is 2.69. The molecule has 2 aromatic carbocycles. The fourth-order valence-electron chi connectivity index (χ4n) is 3.77. The van der Waals surface area contributed by atoms with E-state index in [1.165, 1.54) is 49.1 Å². The molecule has 0 radical (unpaired) electrons. The molecule has 1 aliphatic rings. The van der Waals surface area contributed by atoms with E-state index in [0.717, 1.165) is 13.1 Å². The molecule has 6 nitrogen and oxygen atoms in total. The van der Waals surface area contributed by atoms with Gasteiger partial charge in [0.15, 0.2) is 0 Å². The average molecular weight is 444 g/mol. The Morgan fingerprint density at radius 3 is 2.26 bits per heavy atom. The maximum atomic E-state index is 12.6. The van der Waals surface area contributed by atoms with Crippen molar-refractivity contribution in [2.75, 3.05) is 11.9 Å². The van der Waals surface area contributed by atoms with Crippen molar-refractivity contribution in [1.29, 1.82) is 0 Å². The number of nitrogens with zero attached hydrogens (tertiary/aromatic N) is 1. The molecule has 2 aromatic rings. The first-order chi connectivity index (χ1) is 14.5. The number of benzene rings is 2. The van der Waals surface area contributed by atoms with Gasteiger partial charge in [-0.25, -0.2) is 13.1 Å². The van der Waals surface area contributed by atoms with Gasteiger partial charge in [-0.15, -0.1) is 0 Å². The van der Waals surface area contributed by atoms with Gasteiger partial charge in [0, 0.05) is 29.4 Å². The van der Waals surface area contributed by atoms with Gasteiger partial charge in [0.25, 0.3) is 5.91 Å². The Bertz CT molecular complexity index is 994. The molecule has 7 heteroatoms. The predicted molar refractivity (Wildman–Crippen MR) is 125 cm³/mol. The van der Waals surface area contributed by atoms with Crippen LogP contribution in [-0.4, -0.2) is 37.4 Å². The summed E-state index contributed by atoms with van der Waals surface area (Å²) in [5, 5.41) is 2.88. The first-order valence-electron chi connectivity index (χ1n) is 10.8. The van der Waals surface area contributed by atoms with Crippen LogP contribution >= 0.6 is 0 Å². The third kappa shape index (κ3) is 6.63. The molecular formula is C24H33N3O3S. The summed E-state index contributed by atoms with van der Waals surface area (Å²) in [5.41, 5.74) is 1.77. The van der Waals surface area contributed by atoms with Gasteiger partial charge >= 0.3 is 0 Å². The number of hydrogen-bond donors (Lipinski definition) is 2. The van der Waals surface area contributed by atoms with Gasteiger partial charge in [-0.05, 0) is 89.0 Å². The van der Waals surface area contributed by atoms with Crippen LogP contribution in [0.3, 0.4) is 0 Å². The van der Waals surface area contributed by atoms with E-state index in [9.17, 15) is 13.2 Å². The minimum absolute atomic E-state index is 0.135. The highest BCUT2D eigenvalue weighted by Crippen LogP contribution is 2.20. The monoisotopic (exact) mass is 443 g/mol. The predicted octanol–water partition coefficient (Wildman–Crippen LogP) is 4.39. The van der Waals surface area contributed by atoms with Crippen LogP contribution < -0.4 is 10.0 Å². The Balaban J connectivity index is 1.61. The van der Waals surface area contributed by atoms with E-state index in [1.54, 1.807) is 20.8 Å². The van der Waals surface area contributed by atoms with E-state index in [-0.39, 0.29) is 10.8 Å². The molecular weight excluding hydrogens is 410 g/mol. The minimum atomic E-state index is -3.63. The number of piperidine rings is 1. The largest absolute Gasteiger partial charge is 0.322 e. The smallest absolute Gasteiger partial charge is 0.255 e. The Morgan fingerprint density at radius 1 is 1.03 bits per heavy atom. The summed E-state index contributed by atoms with van der Waals surface area (Å²) in [6, 6.07) is 14.5. The molecule has 1 aliphatic heterocycles. The van der Waals surface area contributed by atoms with Crippen molar-refractivity contribution in [1.82, 2.24) is 9.62 Å². The maximum Gasteiger partial charge on any atom is 0.255 e. The number of anilines is 1. The molecule has 0 bridgehead atoms. The number of likely N-dealkylation sites (tertiary alicyclic amines) is 1. The Labute approximate surface area is 186 Å². The standard InChI is InChI=1S/C24H33N3O3S/c1-18-7-5-6-16-27(18)17-19-8-12-21(13-9-19)25-23(28)20-10-14-22(15-11-20)31(29,30)26-24(2,3)4/h8-15,18,26H,5-7,16-17H2,1-4H3,(H,25,28). The normalized spacial score (nSPS) is 18.0. The molecule has 1 heterocycles. The van der Waals surface area contributed by atoms with Crippen molar-refractivity contribution >= 4 is 21.6 Å². The van der Waals surface area contributed by atoms with Crippen LogP contribution in [0.4, 0.5) is 5.69 Å². The second-order valence-corrected chi connectivity index (χ2v) is 11.0. The van der Waals surface area contributed by atoms with Gasteiger partial charge in [-0.3, -0.25) is 9.69 Å². The number of amides is 1. The van der Waals surface area contributed by atoms with Crippen LogP contribution in [0, 0.1) is 0 Å². The maximum absolute atomic E-state index is 12.6. The Kier molecular flexibility index (Phi) is 7.19. The van der Waals surface area contributed by atoms with Gasteiger partial charge in [0.2, 0.25) is 10.0 Å². The van der Waals surface area contributed by atoms with Gasteiger partial charge in [-0.2, -0.15) is 0 Å². The fraction of sp³-hybridized carbons (Fsp3) is 0.458. The summed E-state index contributed by atoms with van der Waals surface area (Å²) in [6.45, 7) is 9.69. The number of carbonyl (C=O) groups excluding carboxylic acids is 1. The highest BCUT2D eigenvalue weighted by molar-refractivity contribution is 7.89. The second-order valence-electron chi connectivity index (χ2n) is 9.35. The summed E-state index contributed by atoms with van der Waals surface area (Å²) < 4.78 is 27.4. The van der Waals surface area contributed by atoms with Gasteiger partial charge < -0.3 is 5.32 Å². The van der Waals surface area contributed by atoms with E-state index in [0.29, 0.717) is 17.3 Å². The van der Waals surface area contributed by atoms with Crippen LogP contribution in [0.25, 0.3) is 0 Å². The van der Waals surface area contributed by atoms with E-state index in [4.69, 9.17) is 0 Å². The molecule has 168 valence electrons. The summed E-state index contributed by atoms with van der Waals surface area (Å²) in [7, 11) is -3.63. The van der Waals surface area contributed by atoms with Crippen molar-refractivity contribution in [2.45, 2.75) is 70.0 Å². The third-order valence-electron chi connectivity index (χ3n) is 5.41. The van der Waals surface area contributed by atoms with Gasteiger partial charge in [-0.1, -0.05) is 18.6 Å². The lowest BCUT2D eigenvalue weighted by atomic mass is 10.0. The van der Waals surface area contributed by atoms with Crippen LogP contribution in [0.2, 0.25) is 0 Å². The van der Waals surface area contributed by atoms with E-state index >= 15 is 0 Å². The lowest BCUT2D eigenvalue weighted by molar-refractivity contribution is 0.102. The molecule has 0 spiro atoms. The van der Waals surface area contributed by atoms with E-state index in [1.807, 2.05) is 24.3 Å². The van der Waals surface area contributed by atoms with Gasteiger partial charge in [0.05, 0.1) is 4.90 Å². The van der Waals surface area contributed by atoms with E-state index in [2.05, 4.69) is 21.9 Å². The fourth-order valence-corrected chi connectivity index (χ4v) is 5.19. The summed E-state index contributed by atoms with van der Waals surface area (Å²) in [4.78, 5) is 15.2. The molecule has 1 fully saturated rings. The van der Waals surface area contributed by atoms with Crippen LogP contribution in [0.1, 0.15) is 62.9 Å². The van der Waals surface area contributed by atoms with Crippen molar-refractivity contribution < 1.29 is 13.2 Å². The molecule has 0 aromatic heterocycles. The molecule has 1 atom stereocenters. The molecule has 1 saturated heterocycles. The van der Waals surface area contributed by atoms with E-state index < -0.39 is 15.6 Å². The summed E-state index contributed by atoms with van der Waals surface area (Å²) >= 11 is 0. The molecule has 31 heavy (non-hydrogen) atoms. The Morgan fingerprint density at radius 2 is 1.68 bits per heavy atom. The van der Waals surface area contributed by atoms with Crippen molar-refractivity contribution in [2.24, 2.45) is 0 Å². The third-order valence-corrected chi connectivity index (χ3v) is 7.18. The van der Waals surface area contributed by atoms with Crippen LogP contribution in [-0.2, 0) is 16.6 Å². The number of sulfonamides is 1. The molecule has 2 N–H and O–H groups in total. The number of hydrogen-bond acceptors (Lipinski definition) is 4. The van der Waals surface area contributed by atoms with Gasteiger partial charge in [0.1, 0.15) is 0 Å². The van der Waals surface area contributed by atoms with Crippen LogP contribution in [0.15, 0.2) is 53.4 Å². The molecule has 0 aliphatic carbocycles. The zero-order valence-corrected chi connectivity index (χ0v) is 19.6. The first kappa shape index (κ1) is 23.4. The summed E-state index contributed by atoms with van der Waals surface area (Å²) in [5.74, 6) is -0.273. The molecule has 1 amide bonds. The van der Waals surface area contributed by atoms with Crippen molar-refractivity contribution in [3.05, 3.63) is 59.7 Å². The van der Waals surface area contributed by atoms with Crippen molar-refractivity contribution in [3.8, 4) is 0 Å². The molecule has 0 saturated carbocycles. The molecule has 3 rings (SSSR count). The lowest BCUT2D eigenvalue weighted by Gasteiger charge is -2.33. The summed E-state index contributed by atoms with van der Waals surface area (Å²) in [6.07, 6.45) is 3.81. The van der Waals surface area contributed by atoms with Crippen LogP contribution in [0.5, 0.6) is 0 Å². The Hall–Kier alpha value is -2.22. The second kappa shape index (κ2) is 9.51. The highest BCUT2D eigenvalue weighted by atomic mass is 32.2. The topological polar surface area (TPSA) is 78.5 Å². The molecule has 1 unspecified atom stereocenters. The zero-order chi connectivity index (χ0) is 22.6. The number of rotatable bonds is 6. The number of carbonyl (C=O) groups is 1. The highest BCUT2D eigenvalue weighted by Gasteiger charge is 2.22. The quantitative estimate of drug-likeness (QED) is 0.694.